The first kappa shape index (κ1) is 9.96. The Morgan fingerprint density at radius 3 is 2.25 bits per heavy atom. The molecule has 0 amide bonds. The third-order valence-electron chi connectivity index (χ3n) is 1.73. The normalized spacial score (nSPS) is 11.6. The van der Waals surface area contributed by atoms with Gasteiger partial charge in [0.15, 0.2) is 0 Å². The first-order valence-corrected chi connectivity index (χ1v) is 4.76. The van der Waals surface area contributed by atoms with E-state index in [-0.39, 0.29) is 0 Å². The Morgan fingerprint density at radius 1 is 1.17 bits per heavy atom. The van der Waals surface area contributed by atoms with Gasteiger partial charge in [-0.1, -0.05) is 30.3 Å². The van der Waals surface area contributed by atoms with Crippen molar-refractivity contribution in [3.8, 4) is 0 Å². The van der Waals surface area contributed by atoms with Crippen molar-refractivity contribution in [2.45, 2.75) is 10.5 Å². The molecule has 0 saturated carbocycles. The van der Waals surface area contributed by atoms with Crippen LogP contribution in [0, 0.1) is 0 Å². The van der Waals surface area contributed by atoms with Crippen LogP contribution in [0.2, 0.25) is 0 Å². The van der Waals surface area contributed by atoms with E-state index in [0.717, 1.165) is 12.0 Å². The minimum absolute atomic E-state index is 0.393. The average Bonchev–Trinajstić information content (AvgIpc) is 2.06. The summed E-state index contributed by atoms with van der Waals surface area (Å²) in [5, 5.41) is 0. The van der Waals surface area contributed by atoms with E-state index in [2.05, 4.69) is 25.3 Å². The molecule has 0 aliphatic rings. The summed E-state index contributed by atoms with van der Waals surface area (Å²) < 4.78 is -0.393. The predicted molar refractivity (Wildman–Crippen MR) is 59.8 cm³/mol. The van der Waals surface area contributed by atoms with Crippen molar-refractivity contribution in [3.05, 3.63) is 35.9 Å². The zero-order chi connectivity index (χ0) is 9.03. The van der Waals surface area contributed by atoms with Gasteiger partial charge in [0.1, 0.15) is 0 Å². The summed E-state index contributed by atoms with van der Waals surface area (Å²) in [4.78, 5) is 0. The van der Waals surface area contributed by atoms with Crippen LogP contribution >= 0.6 is 25.3 Å². The van der Waals surface area contributed by atoms with E-state index in [1.165, 1.54) is 0 Å². The van der Waals surface area contributed by atoms with Crippen molar-refractivity contribution in [2.75, 3.05) is 6.54 Å². The largest absolute Gasteiger partial charge is 0.330 e. The summed E-state index contributed by atoms with van der Waals surface area (Å²) in [6, 6.07) is 9.95. The molecule has 1 aromatic rings. The molecule has 0 unspecified atom stereocenters. The Morgan fingerprint density at radius 2 is 1.75 bits per heavy atom. The smallest absolute Gasteiger partial charge is 0.0814 e. The molecule has 0 radical (unpaired) electrons. The maximum Gasteiger partial charge on any atom is 0.0814 e. The van der Waals surface area contributed by atoms with Gasteiger partial charge < -0.3 is 5.73 Å². The van der Waals surface area contributed by atoms with E-state index in [1.54, 1.807) is 0 Å². The van der Waals surface area contributed by atoms with Gasteiger partial charge in [0.05, 0.1) is 4.08 Å². The number of benzene rings is 1. The van der Waals surface area contributed by atoms with Gasteiger partial charge in [0, 0.05) is 0 Å². The summed E-state index contributed by atoms with van der Waals surface area (Å²) in [6.45, 7) is 0.599. The molecule has 0 aliphatic heterocycles. The molecule has 12 heavy (non-hydrogen) atoms. The standard InChI is InChI=1S/C9H13NS2/c10-7-6-9(11,12)8-4-2-1-3-5-8/h1-5,11-12H,6-7,10H2. The highest BCUT2D eigenvalue weighted by Crippen LogP contribution is 2.35. The third-order valence-corrected chi connectivity index (χ3v) is 2.69. The van der Waals surface area contributed by atoms with Crippen LogP contribution in [0.4, 0.5) is 0 Å². The van der Waals surface area contributed by atoms with Crippen molar-refractivity contribution in [1.29, 1.82) is 0 Å². The Labute approximate surface area is 84.2 Å². The topological polar surface area (TPSA) is 26.0 Å². The summed E-state index contributed by atoms with van der Waals surface area (Å²) >= 11 is 8.88. The fraction of sp³-hybridized carbons (Fsp3) is 0.333. The van der Waals surface area contributed by atoms with Crippen LogP contribution in [0.1, 0.15) is 12.0 Å². The third kappa shape index (κ3) is 2.44. The molecule has 0 atom stereocenters. The zero-order valence-electron chi connectivity index (χ0n) is 6.77. The Kier molecular flexibility index (Phi) is 3.50. The highest BCUT2D eigenvalue weighted by molar-refractivity contribution is 7.99. The molecule has 1 aromatic carbocycles. The van der Waals surface area contributed by atoms with Gasteiger partial charge in [0.2, 0.25) is 0 Å². The van der Waals surface area contributed by atoms with E-state index in [1.807, 2.05) is 30.3 Å². The molecule has 1 rings (SSSR count). The number of thiol groups is 2. The second-order valence-electron chi connectivity index (χ2n) is 2.72. The average molecular weight is 199 g/mol. The second-order valence-corrected chi connectivity index (χ2v) is 4.60. The van der Waals surface area contributed by atoms with Gasteiger partial charge in [0.25, 0.3) is 0 Å². The highest BCUT2D eigenvalue weighted by atomic mass is 32.2. The van der Waals surface area contributed by atoms with E-state index in [9.17, 15) is 0 Å². The lowest BCUT2D eigenvalue weighted by atomic mass is 10.1. The van der Waals surface area contributed by atoms with Crippen molar-refractivity contribution < 1.29 is 0 Å². The highest BCUT2D eigenvalue weighted by Gasteiger charge is 2.20. The predicted octanol–water partition coefficient (Wildman–Crippen LogP) is 2.05. The van der Waals surface area contributed by atoms with Crippen LogP contribution in [0.3, 0.4) is 0 Å². The SMILES string of the molecule is NCCC(S)(S)c1ccccc1. The minimum Gasteiger partial charge on any atom is -0.330 e. The maximum absolute atomic E-state index is 5.45. The molecule has 3 heteroatoms. The fourth-order valence-corrected chi connectivity index (χ4v) is 1.61. The zero-order valence-corrected chi connectivity index (χ0v) is 8.56. The molecular formula is C9H13NS2. The first-order valence-electron chi connectivity index (χ1n) is 3.87. The van der Waals surface area contributed by atoms with Crippen molar-refractivity contribution in [3.63, 3.8) is 0 Å². The van der Waals surface area contributed by atoms with Gasteiger partial charge in [-0.3, -0.25) is 0 Å². The summed E-state index contributed by atoms with van der Waals surface area (Å²) in [5.74, 6) is 0. The lowest BCUT2D eigenvalue weighted by Gasteiger charge is -2.21. The van der Waals surface area contributed by atoms with Crippen LogP contribution in [0.15, 0.2) is 30.3 Å². The quantitative estimate of drug-likeness (QED) is 0.504. The van der Waals surface area contributed by atoms with Gasteiger partial charge >= 0.3 is 0 Å². The lowest BCUT2D eigenvalue weighted by molar-refractivity contribution is 0.776. The van der Waals surface area contributed by atoms with Crippen LogP contribution in [0.25, 0.3) is 0 Å². The molecule has 2 N–H and O–H groups in total. The number of hydrogen-bond donors (Lipinski definition) is 3. The van der Waals surface area contributed by atoms with E-state index < -0.39 is 4.08 Å². The van der Waals surface area contributed by atoms with Gasteiger partial charge in [-0.15, -0.1) is 0 Å². The Balaban J connectivity index is 2.82. The molecule has 0 fully saturated rings. The molecule has 0 aliphatic carbocycles. The van der Waals surface area contributed by atoms with E-state index in [0.29, 0.717) is 6.54 Å². The molecule has 0 bridgehead atoms. The second kappa shape index (κ2) is 4.21. The van der Waals surface area contributed by atoms with Crippen LogP contribution in [0.5, 0.6) is 0 Å². The van der Waals surface area contributed by atoms with Gasteiger partial charge in [-0.2, -0.15) is 25.3 Å². The van der Waals surface area contributed by atoms with Gasteiger partial charge in [-0.05, 0) is 18.5 Å². The van der Waals surface area contributed by atoms with Crippen LogP contribution < -0.4 is 5.73 Å². The van der Waals surface area contributed by atoms with Crippen LogP contribution in [-0.2, 0) is 4.08 Å². The first-order chi connectivity index (χ1) is 5.67. The van der Waals surface area contributed by atoms with Crippen molar-refractivity contribution in [1.82, 2.24) is 0 Å². The summed E-state index contributed by atoms with van der Waals surface area (Å²) in [7, 11) is 0. The number of rotatable bonds is 3. The molecular weight excluding hydrogens is 186 g/mol. The van der Waals surface area contributed by atoms with E-state index >= 15 is 0 Å². The monoisotopic (exact) mass is 199 g/mol. The number of hydrogen-bond acceptors (Lipinski definition) is 3. The van der Waals surface area contributed by atoms with Crippen LogP contribution in [-0.4, -0.2) is 6.54 Å². The molecule has 66 valence electrons. The van der Waals surface area contributed by atoms with E-state index in [4.69, 9.17) is 5.73 Å². The molecule has 0 spiro atoms. The fourth-order valence-electron chi connectivity index (χ4n) is 1.05. The van der Waals surface area contributed by atoms with Gasteiger partial charge in [-0.25, -0.2) is 0 Å². The minimum atomic E-state index is -0.393. The number of nitrogens with two attached hydrogens (primary N) is 1. The lowest BCUT2D eigenvalue weighted by Crippen LogP contribution is -2.16. The maximum atomic E-state index is 5.45. The van der Waals surface area contributed by atoms with Crippen molar-refractivity contribution in [2.24, 2.45) is 5.73 Å². The Hall–Kier alpha value is -0.120. The Bertz CT molecular complexity index is 234. The molecule has 1 nitrogen and oxygen atoms in total. The summed E-state index contributed by atoms with van der Waals surface area (Å²) in [5.41, 5.74) is 6.55. The summed E-state index contributed by atoms with van der Waals surface area (Å²) in [6.07, 6.45) is 0.767. The molecule has 0 aromatic heterocycles. The molecule has 0 saturated heterocycles. The molecule has 0 heterocycles. The van der Waals surface area contributed by atoms with Crippen molar-refractivity contribution >= 4 is 25.3 Å².